The maximum absolute atomic E-state index is 3.48. The fourth-order valence-electron chi connectivity index (χ4n) is 1.16. The van der Waals surface area contributed by atoms with Gasteiger partial charge in [0.05, 0.1) is 0 Å². The van der Waals surface area contributed by atoms with E-state index in [1.54, 1.807) is 0 Å². The molecule has 0 radical (unpaired) electrons. The summed E-state index contributed by atoms with van der Waals surface area (Å²) in [4.78, 5) is 1.38. The number of benzene rings is 1. The molecule has 0 aliphatic rings. The van der Waals surface area contributed by atoms with E-state index >= 15 is 0 Å². The number of hydrogen-bond acceptors (Lipinski definition) is 1. The van der Waals surface area contributed by atoms with Crippen molar-refractivity contribution in [1.29, 1.82) is 0 Å². The lowest BCUT2D eigenvalue weighted by molar-refractivity contribution is 0.841. The SMILES string of the molecule is CSc1ccc(Br)cc1C(C)C. The first-order valence-corrected chi connectivity index (χ1v) is 6.00. The van der Waals surface area contributed by atoms with Crippen LogP contribution in [0.5, 0.6) is 0 Å². The first-order valence-electron chi connectivity index (χ1n) is 3.98. The minimum Gasteiger partial charge on any atom is -0.129 e. The Bertz CT molecular complexity index is 269. The molecule has 2 heteroatoms. The van der Waals surface area contributed by atoms with Crippen LogP contribution in [0, 0.1) is 0 Å². The predicted molar refractivity (Wildman–Crippen MR) is 60.0 cm³/mol. The Labute approximate surface area is 86.9 Å². The Morgan fingerprint density at radius 2 is 2.00 bits per heavy atom. The van der Waals surface area contributed by atoms with Crippen molar-refractivity contribution in [2.75, 3.05) is 6.26 Å². The van der Waals surface area contributed by atoms with Gasteiger partial charge in [-0.25, -0.2) is 0 Å². The molecule has 0 unspecified atom stereocenters. The standard InChI is InChI=1S/C10H13BrS/c1-7(2)9-6-8(11)4-5-10(9)12-3/h4-7H,1-3H3. The van der Waals surface area contributed by atoms with Crippen LogP contribution in [0.4, 0.5) is 0 Å². The van der Waals surface area contributed by atoms with Crippen LogP contribution in [0.25, 0.3) is 0 Å². The molecular weight excluding hydrogens is 232 g/mol. The van der Waals surface area contributed by atoms with Crippen LogP contribution in [0.15, 0.2) is 27.6 Å². The summed E-state index contributed by atoms with van der Waals surface area (Å²) in [6, 6.07) is 6.47. The van der Waals surface area contributed by atoms with Crippen molar-refractivity contribution in [3.8, 4) is 0 Å². The summed E-state index contributed by atoms with van der Waals surface area (Å²) in [7, 11) is 0. The predicted octanol–water partition coefficient (Wildman–Crippen LogP) is 4.29. The Kier molecular flexibility index (Phi) is 3.66. The van der Waals surface area contributed by atoms with E-state index in [0.717, 1.165) is 0 Å². The van der Waals surface area contributed by atoms with Crippen molar-refractivity contribution in [3.05, 3.63) is 28.2 Å². The van der Waals surface area contributed by atoms with E-state index in [0.29, 0.717) is 5.92 Å². The zero-order valence-corrected chi connectivity index (χ0v) is 10.00. The molecule has 0 amide bonds. The minimum atomic E-state index is 0.602. The highest BCUT2D eigenvalue weighted by Crippen LogP contribution is 2.29. The fraction of sp³-hybridized carbons (Fsp3) is 0.400. The van der Waals surface area contributed by atoms with Gasteiger partial charge in [-0.05, 0) is 35.9 Å². The maximum Gasteiger partial charge on any atom is 0.0178 e. The van der Waals surface area contributed by atoms with Gasteiger partial charge in [-0.3, -0.25) is 0 Å². The summed E-state index contributed by atoms with van der Waals surface area (Å²) in [5, 5.41) is 0. The molecular formula is C10H13BrS. The lowest BCUT2D eigenvalue weighted by Crippen LogP contribution is -1.90. The van der Waals surface area contributed by atoms with Gasteiger partial charge in [0.25, 0.3) is 0 Å². The molecule has 0 fully saturated rings. The Morgan fingerprint density at radius 3 is 2.50 bits per heavy atom. The zero-order chi connectivity index (χ0) is 9.14. The molecule has 0 aromatic heterocycles. The molecule has 0 heterocycles. The van der Waals surface area contributed by atoms with Crippen LogP contribution in [0.1, 0.15) is 25.3 Å². The molecule has 0 saturated heterocycles. The number of hydrogen-bond donors (Lipinski definition) is 0. The van der Waals surface area contributed by atoms with Gasteiger partial charge >= 0.3 is 0 Å². The van der Waals surface area contributed by atoms with Crippen LogP contribution in [0.3, 0.4) is 0 Å². The van der Waals surface area contributed by atoms with Gasteiger partial charge in [-0.2, -0.15) is 0 Å². The topological polar surface area (TPSA) is 0 Å². The average Bonchev–Trinajstić information content (AvgIpc) is 2.04. The summed E-state index contributed by atoms with van der Waals surface area (Å²) in [6.07, 6.45) is 2.12. The highest BCUT2D eigenvalue weighted by Gasteiger charge is 2.05. The molecule has 0 atom stereocenters. The number of thioether (sulfide) groups is 1. The van der Waals surface area contributed by atoms with Crippen LogP contribution >= 0.6 is 27.7 Å². The molecule has 0 aliphatic carbocycles. The lowest BCUT2D eigenvalue weighted by Gasteiger charge is -2.10. The van der Waals surface area contributed by atoms with Gasteiger partial charge in [-0.15, -0.1) is 11.8 Å². The third-order valence-electron chi connectivity index (χ3n) is 1.81. The molecule has 0 aliphatic heterocycles. The van der Waals surface area contributed by atoms with E-state index in [2.05, 4.69) is 54.2 Å². The van der Waals surface area contributed by atoms with Crippen LogP contribution in [-0.4, -0.2) is 6.26 Å². The molecule has 0 saturated carbocycles. The molecule has 0 nitrogen and oxygen atoms in total. The summed E-state index contributed by atoms with van der Waals surface area (Å²) in [5.41, 5.74) is 1.43. The van der Waals surface area contributed by atoms with Gasteiger partial charge in [0.15, 0.2) is 0 Å². The van der Waals surface area contributed by atoms with E-state index in [1.165, 1.54) is 14.9 Å². The highest BCUT2D eigenvalue weighted by atomic mass is 79.9. The Hall–Kier alpha value is 0.0500. The highest BCUT2D eigenvalue weighted by molar-refractivity contribution is 9.10. The largest absolute Gasteiger partial charge is 0.129 e. The van der Waals surface area contributed by atoms with Crippen molar-refractivity contribution < 1.29 is 0 Å². The Morgan fingerprint density at radius 1 is 1.33 bits per heavy atom. The molecule has 66 valence electrons. The molecule has 1 rings (SSSR count). The third-order valence-corrected chi connectivity index (χ3v) is 3.12. The molecule has 0 N–H and O–H groups in total. The van der Waals surface area contributed by atoms with E-state index in [1.807, 2.05) is 11.8 Å². The van der Waals surface area contributed by atoms with Crippen molar-refractivity contribution >= 4 is 27.7 Å². The number of halogens is 1. The van der Waals surface area contributed by atoms with Crippen molar-refractivity contribution in [2.24, 2.45) is 0 Å². The van der Waals surface area contributed by atoms with Crippen molar-refractivity contribution in [1.82, 2.24) is 0 Å². The van der Waals surface area contributed by atoms with Gasteiger partial charge in [-0.1, -0.05) is 29.8 Å². The third kappa shape index (κ3) is 2.27. The second-order valence-corrected chi connectivity index (χ2v) is 4.80. The first kappa shape index (κ1) is 10.1. The second-order valence-electron chi connectivity index (χ2n) is 3.04. The first-order chi connectivity index (χ1) is 5.65. The van der Waals surface area contributed by atoms with Crippen molar-refractivity contribution in [3.63, 3.8) is 0 Å². The summed E-state index contributed by atoms with van der Waals surface area (Å²) < 4.78 is 1.17. The van der Waals surface area contributed by atoms with Gasteiger partial charge in [0.2, 0.25) is 0 Å². The summed E-state index contributed by atoms with van der Waals surface area (Å²) in [5.74, 6) is 0.602. The molecule has 1 aromatic carbocycles. The van der Waals surface area contributed by atoms with Crippen LogP contribution < -0.4 is 0 Å². The van der Waals surface area contributed by atoms with E-state index in [4.69, 9.17) is 0 Å². The average molecular weight is 245 g/mol. The maximum atomic E-state index is 3.48. The summed E-state index contributed by atoms with van der Waals surface area (Å²) >= 11 is 5.30. The lowest BCUT2D eigenvalue weighted by atomic mass is 10.0. The van der Waals surface area contributed by atoms with Crippen molar-refractivity contribution in [2.45, 2.75) is 24.7 Å². The second kappa shape index (κ2) is 4.33. The van der Waals surface area contributed by atoms with Gasteiger partial charge in [0.1, 0.15) is 0 Å². The minimum absolute atomic E-state index is 0.602. The van der Waals surface area contributed by atoms with E-state index < -0.39 is 0 Å². The monoisotopic (exact) mass is 244 g/mol. The Balaban J connectivity index is 3.12. The quantitative estimate of drug-likeness (QED) is 0.700. The van der Waals surface area contributed by atoms with Crippen LogP contribution in [0.2, 0.25) is 0 Å². The normalized spacial score (nSPS) is 10.8. The van der Waals surface area contributed by atoms with E-state index in [-0.39, 0.29) is 0 Å². The zero-order valence-electron chi connectivity index (χ0n) is 7.60. The number of rotatable bonds is 2. The molecule has 12 heavy (non-hydrogen) atoms. The molecule has 1 aromatic rings. The molecule has 0 bridgehead atoms. The fourth-order valence-corrected chi connectivity index (χ4v) is 2.27. The molecule has 0 spiro atoms. The smallest absolute Gasteiger partial charge is 0.0178 e. The summed E-state index contributed by atoms with van der Waals surface area (Å²) in [6.45, 7) is 4.45. The van der Waals surface area contributed by atoms with Gasteiger partial charge in [0, 0.05) is 9.37 Å². The van der Waals surface area contributed by atoms with E-state index in [9.17, 15) is 0 Å². The van der Waals surface area contributed by atoms with Gasteiger partial charge < -0.3 is 0 Å². The van der Waals surface area contributed by atoms with Crippen LogP contribution in [-0.2, 0) is 0 Å².